The van der Waals surface area contributed by atoms with Gasteiger partial charge in [0.25, 0.3) is 0 Å². The van der Waals surface area contributed by atoms with Crippen LogP contribution in [-0.2, 0) is 15.7 Å². The Morgan fingerprint density at radius 2 is 1.92 bits per heavy atom. The van der Waals surface area contributed by atoms with Gasteiger partial charge >= 0.3 is 12.1 Å². The van der Waals surface area contributed by atoms with E-state index in [-0.39, 0.29) is 6.04 Å². The maximum absolute atomic E-state index is 12.9. The van der Waals surface area contributed by atoms with Gasteiger partial charge in [0, 0.05) is 17.8 Å². The van der Waals surface area contributed by atoms with Crippen molar-refractivity contribution in [2.45, 2.75) is 57.5 Å². The molecule has 2 rings (SSSR count). The summed E-state index contributed by atoms with van der Waals surface area (Å²) in [6.45, 7) is 4.86. The van der Waals surface area contributed by atoms with Crippen LogP contribution in [0.5, 0.6) is 5.88 Å². The minimum Gasteiger partial charge on any atom is -0.493 e. The van der Waals surface area contributed by atoms with Gasteiger partial charge in [-0.1, -0.05) is 0 Å². The second kappa shape index (κ2) is 6.62. The number of nitrogens with zero attached hydrogens (tertiary/aromatic N) is 1. The van der Waals surface area contributed by atoms with Gasteiger partial charge in [-0.3, -0.25) is 10.1 Å². The van der Waals surface area contributed by atoms with E-state index in [0.29, 0.717) is 6.07 Å². The van der Waals surface area contributed by atoms with E-state index in [4.69, 9.17) is 4.74 Å². The molecule has 1 aromatic rings. The second-order valence-corrected chi connectivity index (χ2v) is 6.86. The number of esters is 1. The van der Waals surface area contributed by atoms with Crippen LogP contribution in [0.3, 0.4) is 0 Å². The first-order valence-electron chi connectivity index (χ1n) is 7.68. The smallest absolute Gasteiger partial charge is 0.421 e. The minimum absolute atomic E-state index is 0.0615. The fraction of sp³-hybridized carbons (Fsp3) is 0.562. The highest BCUT2D eigenvalue weighted by atomic mass is 19.4. The third kappa shape index (κ3) is 5.15. The number of hydrogen-bond donors (Lipinski definition) is 2. The van der Waals surface area contributed by atoms with E-state index in [2.05, 4.69) is 10.3 Å². The number of hydrogen-bond acceptors (Lipinski definition) is 6. The van der Waals surface area contributed by atoms with Gasteiger partial charge in [-0.2, -0.15) is 13.2 Å². The number of carbonyl (C=O) groups is 2. The van der Waals surface area contributed by atoms with Crippen molar-refractivity contribution in [3.8, 4) is 5.88 Å². The third-order valence-corrected chi connectivity index (χ3v) is 3.34. The molecule has 0 spiro atoms. The van der Waals surface area contributed by atoms with Crippen LogP contribution >= 0.6 is 0 Å². The lowest BCUT2D eigenvalue weighted by atomic mass is 10.0. The van der Waals surface area contributed by atoms with Gasteiger partial charge in [0.1, 0.15) is 11.2 Å². The summed E-state index contributed by atoms with van der Waals surface area (Å²) in [6, 6.07) is -1.01. The van der Waals surface area contributed by atoms with Gasteiger partial charge in [0.2, 0.25) is 5.88 Å². The van der Waals surface area contributed by atoms with E-state index in [1.165, 1.54) is 0 Å². The van der Waals surface area contributed by atoms with Crippen LogP contribution in [0.2, 0.25) is 0 Å². The summed E-state index contributed by atoms with van der Waals surface area (Å²) in [5, 5.41) is 12.0. The highest BCUT2D eigenvalue weighted by Crippen LogP contribution is 2.35. The molecule has 1 unspecified atom stereocenters. The molecule has 9 heteroatoms. The molecule has 0 aliphatic heterocycles. The molecule has 1 aliphatic carbocycles. The molecule has 6 nitrogen and oxygen atoms in total. The molecule has 2 N–H and O–H groups in total. The summed E-state index contributed by atoms with van der Waals surface area (Å²) in [4.78, 5) is 28.1. The molecule has 1 heterocycles. The van der Waals surface area contributed by atoms with Crippen LogP contribution < -0.4 is 5.32 Å². The number of pyridine rings is 1. The average molecular weight is 360 g/mol. The maximum atomic E-state index is 12.9. The van der Waals surface area contributed by atoms with Crippen molar-refractivity contribution in [2.24, 2.45) is 0 Å². The number of ketones is 1. The molecule has 1 aromatic heterocycles. The van der Waals surface area contributed by atoms with Crippen LogP contribution in [-0.4, -0.2) is 39.5 Å². The summed E-state index contributed by atoms with van der Waals surface area (Å²) in [7, 11) is 0. The van der Waals surface area contributed by atoms with Gasteiger partial charge < -0.3 is 9.84 Å². The molecule has 25 heavy (non-hydrogen) atoms. The number of Topliss-reactive ketones (excluding diaryl/α,β-unsaturated/α-hetero) is 1. The Kier molecular flexibility index (Phi) is 5.08. The van der Waals surface area contributed by atoms with Gasteiger partial charge in [-0.25, -0.2) is 9.78 Å². The monoisotopic (exact) mass is 360 g/mol. The normalized spacial score (nSPS) is 16.4. The van der Waals surface area contributed by atoms with Gasteiger partial charge in [0.05, 0.1) is 0 Å². The number of nitrogens with one attached hydrogen (secondary N) is 1. The van der Waals surface area contributed by atoms with E-state index in [9.17, 15) is 27.9 Å². The lowest BCUT2D eigenvalue weighted by Crippen LogP contribution is -2.47. The number of aromatic hydroxyl groups is 1. The topological polar surface area (TPSA) is 88.5 Å². The third-order valence-electron chi connectivity index (χ3n) is 3.34. The number of halogens is 3. The van der Waals surface area contributed by atoms with Crippen molar-refractivity contribution in [1.29, 1.82) is 0 Å². The Balaban J connectivity index is 2.31. The highest BCUT2D eigenvalue weighted by molar-refractivity contribution is 6.12. The van der Waals surface area contributed by atoms with Crippen LogP contribution in [0.1, 0.15) is 49.5 Å². The summed E-state index contributed by atoms with van der Waals surface area (Å²) in [5.41, 5.74) is -2.73. The first kappa shape index (κ1) is 19.2. The average Bonchev–Trinajstić information content (AvgIpc) is 3.25. The van der Waals surface area contributed by atoms with Gasteiger partial charge in [-0.15, -0.1) is 0 Å². The predicted molar refractivity (Wildman–Crippen MR) is 81.0 cm³/mol. The molecule has 1 fully saturated rings. The van der Waals surface area contributed by atoms with E-state index in [0.717, 1.165) is 19.0 Å². The summed E-state index contributed by atoms with van der Waals surface area (Å²) >= 11 is 0. The fourth-order valence-corrected chi connectivity index (χ4v) is 2.06. The molecule has 0 bridgehead atoms. The fourth-order valence-electron chi connectivity index (χ4n) is 2.06. The molecule has 0 aromatic carbocycles. The van der Waals surface area contributed by atoms with Crippen LogP contribution in [0.15, 0.2) is 12.3 Å². The molecule has 1 saturated carbocycles. The lowest BCUT2D eigenvalue weighted by Gasteiger charge is -2.24. The molecule has 0 saturated heterocycles. The Labute approximate surface area is 142 Å². The van der Waals surface area contributed by atoms with E-state index in [1.807, 2.05) is 0 Å². The molecule has 138 valence electrons. The Bertz CT molecular complexity index is 679. The van der Waals surface area contributed by atoms with Crippen molar-refractivity contribution < 1.29 is 32.6 Å². The zero-order valence-corrected chi connectivity index (χ0v) is 14.0. The molecule has 1 aliphatic rings. The number of alkyl halides is 3. The zero-order valence-electron chi connectivity index (χ0n) is 14.0. The Morgan fingerprint density at radius 3 is 2.40 bits per heavy atom. The Hall–Kier alpha value is -2.16. The molecular weight excluding hydrogens is 341 g/mol. The maximum Gasteiger partial charge on any atom is 0.421 e. The van der Waals surface area contributed by atoms with Gasteiger partial charge in [0.15, 0.2) is 11.8 Å². The minimum atomic E-state index is -4.88. The van der Waals surface area contributed by atoms with Gasteiger partial charge in [-0.05, 0) is 39.7 Å². The predicted octanol–water partition coefficient (Wildman–Crippen LogP) is 2.45. The standard InChI is InChI=1S/C16H19F3N2O4/c1-15(2,3)25-14(24)11(21-9-4-5-9)12(22)8-6-10(16(17,18)19)13(23)20-7-8/h6-7,9,11,21H,4-5H2,1-3H3,(H,20,23). The Morgan fingerprint density at radius 1 is 1.32 bits per heavy atom. The molecule has 1 atom stereocenters. The lowest BCUT2D eigenvalue weighted by molar-refractivity contribution is -0.156. The van der Waals surface area contributed by atoms with Crippen molar-refractivity contribution in [1.82, 2.24) is 10.3 Å². The second-order valence-electron chi connectivity index (χ2n) is 6.86. The molecule has 0 radical (unpaired) electrons. The quantitative estimate of drug-likeness (QED) is 0.476. The number of ether oxygens (including phenoxy) is 1. The van der Waals surface area contributed by atoms with Crippen molar-refractivity contribution in [3.05, 3.63) is 23.4 Å². The number of rotatable bonds is 5. The summed E-state index contributed by atoms with van der Waals surface area (Å²) in [5.74, 6) is -2.99. The largest absolute Gasteiger partial charge is 0.493 e. The number of carbonyl (C=O) groups excluding carboxylic acids is 2. The highest BCUT2D eigenvalue weighted by Gasteiger charge is 2.39. The number of aromatic nitrogens is 1. The first-order chi connectivity index (χ1) is 11.4. The van der Waals surface area contributed by atoms with E-state index >= 15 is 0 Å². The molecule has 0 amide bonds. The first-order valence-corrected chi connectivity index (χ1v) is 7.68. The van der Waals surface area contributed by atoms with Crippen molar-refractivity contribution in [2.75, 3.05) is 0 Å². The van der Waals surface area contributed by atoms with Crippen LogP contribution in [0.4, 0.5) is 13.2 Å². The molecular formula is C16H19F3N2O4. The van der Waals surface area contributed by atoms with Crippen LogP contribution in [0.25, 0.3) is 0 Å². The SMILES string of the molecule is CC(C)(C)OC(=O)C(NC1CC1)C(=O)c1cnc(O)c(C(F)(F)F)c1. The van der Waals surface area contributed by atoms with Crippen molar-refractivity contribution in [3.63, 3.8) is 0 Å². The van der Waals surface area contributed by atoms with E-state index in [1.54, 1.807) is 20.8 Å². The van der Waals surface area contributed by atoms with Crippen molar-refractivity contribution >= 4 is 11.8 Å². The summed E-state index contributed by atoms with van der Waals surface area (Å²) < 4.78 is 43.8. The zero-order chi connectivity index (χ0) is 19.0. The summed E-state index contributed by atoms with van der Waals surface area (Å²) in [6.07, 6.45) is -2.56. The van der Waals surface area contributed by atoms with Crippen LogP contribution in [0, 0.1) is 0 Å². The van der Waals surface area contributed by atoms with E-state index < -0.39 is 46.6 Å².